The van der Waals surface area contributed by atoms with Crippen LogP contribution < -0.4 is 60.8 Å². The highest BCUT2D eigenvalue weighted by Crippen LogP contribution is 2.50. The highest BCUT2D eigenvalue weighted by molar-refractivity contribution is 5.77. The molecule has 16 unspecified atom stereocenters. The molecule has 24 heteroatoms. The summed E-state index contributed by atoms with van der Waals surface area (Å²) < 4.78 is 852. The lowest BCUT2D eigenvalue weighted by Gasteiger charge is -2.47. The lowest BCUT2D eigenvalue weighted by Crippen LogP contribution is -2.51. The van der Waals surface area contributed by atoms with E-state index in [0.717, 1.165) is 42.7 Å². The van der Waals surface area contributed by atoms with Crippen LogP contribution in [-0.4, -0.2) is 201 Å². The third-order valence-corrected chi connectivity index (χ3v) is 17.2. The lowest BCUT2D eigenvalue weighted by molar-refractivity contribution is -0.161. The van der Waals surface area contributed by atoms with Crippen LogP contribution in [0, 0.1) is 70.7 Å². The summed E-state index contributed by atoms with van der Waals surface area (Å²) in [7, 11) is -0.517. The Morgan fingerprint density at radius 3 is 0.933 bits per heavy atom. The summed E-state index contributed by atoms with van der Waals surface area (Å²) in [5.41, 5.74) is 17.7. The van der Waals surface area contributed by atoms with Gasteiger partial charge in [0, 0.05) is 224 Å². The number of esters is 4. The minimum Gasteiger partial charge on any atom is -0.493 e. The number of rotatable bonds is 28. The normalized spacial score (nSPS) is 50.0. The van der Waals surface area contributed by atoms with Crippen LogP contribution in [0.15, 0.2) is 48.3 Å². The van der Waals surface area contributed by atoms with E-state index < -0.39 is 509 Å². The number of methoxy groups -OCH3 is 8. The molecule has 0 saturated carbocycles. The quantitative estimate of drug-likeness (QED) is 0.0303. The van der Waals surface area contributed by atoms with Crippen molar-refractivity contribution in [3.8, 4) is 46.0 Å². The second-order valence-electron chi connectivity index (χ2n) is 25.5. The van der Waals surface area contributed by atoms with Gasteiger partial charge >= 0.3 is 23.9 Å². The average Bonchev–Trinajstić information content (AvgIpc) is 0.637. The number of fused-ring (bicyclic) bond motifs is 12. The van der Waals surface area contributed by atoms with E-state index in [1.165, 1.54) is 0 Å². The first-order valence-electron chi connectivity index (χ1n) is 82.0. The van der Waals surface area contributed by atoms with E-state index in [1.807, 2.05) is 0 Å². The van der Waals surface area contributed by atoms with Crippen LogP contribution in [0.25, 0.3) is 0 Å². The van der Waals surface area contributed by atoms with E-state index in [0.29, 0.717) is 37.5 Å². The predicted octanol–water partition coefficient (Wildman–Crippen LogP) is 14.3. The highest BCUT2D eigenvalue weighted by atomic mass is 16.6. The number of piperidine rings is 4. The minimum absolute atomic E-state index is 0.129. The molecular weight excluding hydrogens is 1520 g/mol. The SMILES string of the molecule is [2H]c1c2c(c([2H])c(OC)c1OC([2H])([2H])[2H])C1([2H])N(CC2)C([2H])([2H])C([2H])(C([2H])([2H])C([2H])(C)C([2H])([2H])[2H])C(OC(=O)[C@@]([2H])(N)C([2H])(C([2H])([2H])[2H])C([2H])([2H])[2H])C1([2H])[2H].[2H]c1c2c(c([2H])c(OC)c1OC([2H])([2H])[2H])C1N(CC2)C([2H])([2H])C([2H])(C([2H])([2H])C([2H])(C)C([2H])([2H])[2H])C([2H])(OC(=O)[C@@]([2H])(N)C([2H])(C([2H])([2H])[2H])C([2H])([2H])[2H])C1([2H])[2H].[2H]c1c2c(c([2H])c(OC)c1OC)C1([2H])N(CC2)C([2H])([2H])C([2H])(C([2H])([2H])C([2H])(C)C([2H])([2H])[2H])C(OC(=O)[C@@]([2H])(N)C([2H])(C([2H])([2H])[2H])C([2H])([2H])[2H])C1([2H])[2H].[2H]c1c2c(c([2H])c(OC)c1OC)C1N(CC2)C([2H])([2H])C([2H])(C([2H])([2H])C([2H])(C)C([2H])([2H])[2H])C([2H])(OC(=O)[C@@]([2H])(N)C([2H])(C([2H])([2H])[2H])C([2H])([2H])[2H])C1([2H])[2H]. The summed E-state index contributed by atoms with van der Waals surface area (Å²) in [6, 6.07) is -36.3. The number of carbonyl (C=O) groups is 4. The number of hydrogen-bond donors (Lipinski definition) is 4. The van der Waals surface area contributed by atoms with Crippen LogP contribution >= 0.6 is 0 Å². The number of ether oxygens (including phenoxy) is 12. The molecule has 0 bridgehead atoms. The maximum Gasteiger partial charge on any atom is 0.323 e. The van der Waals surface area contributed by atoms with Gasteiger partial charge in [-0.05, 0) is 191 Å². The Bertz CT molecular complexity index is 8460. The molecule has 0 amide bonds. The molecule has 8 aliphatic heterocycles. The van der Waals surface area contributed by atoms with Gasteiger partial charge in [-0.1, -0.05) is 110 Å². The van der Waals surface area contributed by atoms with E-state index in [-0.39, 0.29) is 32.4 Å². The second kappa shape index (κ2) is 43.9. The van der Waals surface area contributed by atoms with Crippen LogP contribution in [0.1, 0.15) is 358 Å². The molecule has 8 aliphatic rings. The fourth-order valence-corrected chi connectivity index (χ4v) is 11.8. The van der Waals surface area contributed by atoms with Crippen molar-refractivity contribution in [3.05, 3.63) is 92.8 Å². The van der Waals surface area contributed by atoms with Gasteiger partial charge in [0.2, 0.25) is 0 Å². The Morgan fingerprint density at radius 1 is 0.383 bits per heavy atom. The summed E-state index contributed by atoms with van der Waals surface area (Å²) >= 11 is 0. The molecule has 8 N–H and O–H groups in total. The molecule has 8 heterocycles. The molecule has 4 aromatic rings. The maximum atomic E-state index is 13.9. The molecule has 0 aromatic heterocycles. The number of hydrogen-bond acceptors (Lipinski definition) is 24. The van der Waals surface area contributed by atoms with Gasteiger partial charge in [-0.3, -0.25) is 38.8 Å². The molecule has 4 saturated heterocycles. The summed E-state index contributed by atoms with van der Waals surface area (Å²) in [5, 5.41) is 0. The molecule has 4 fully saturated rings. The van der Waals surface area contributed by atoms with Crippen LogP contribution in [0.3, 0.4) is 0 Å². The molecule has 0 spiro atoms. The van der Waals surface area contributed by atoms with Crippen LogP contribution in [0.4, 0.5) is 0 Å². The molecule has 672 valence electrons. The fourth-order valence-electron chi connectivity index (χ4n) is 11.8. The Hall–Kier alpha value is -7.16. The van der Waals surface area contributed by atoms with Crippen molar-refractivity contribution in [3.63, 3.8) is 0 Å². The molecule has 20 atom stereocenters. The smallest absolute Gasteiger partial charge is 0.323 e. The Labute approximate surface area is 850 Å². The van der Waals surface area contributed by atoms with Gasteiger partial charge < -0.3 is 79.8 Å². The molecule has 4 aromatic carbocycles. The number of nitrogens with zero attached hydrogens (tertiary/aromatic N) is 4. The zero-order valence-corrected chi connectivity index (χ0v) is 65.6. The Kier molecular flexibility index (Phi) is 11.2. The number of nitrogens with two attached hydrogens (primary N) is 4. The first-order valence-corrected chi connectivity index (χ1v) is 35.0. The lowest BCUT2D eigenvalue weighted by atomic mass is 9.79. The molecular formula is C96H152N8O16. The zero-order valence-electron chi connectivity index (χ0n) is 160. The minimum atomic E-state index is -4.71. The monoisotopic (exact) mass is 1770 g/mol. The highest BCUT2D eigenvalue weighted by Gasteiger charge is 2.47. The average molecular weight is 1770 g/mol. The summed E-state index contributed by atoms with van der Waals surface area (Å²) in [6.45, 7) is -66.3. The molecule has 120 heavy (non-hydrogen) atoms. The van der Waals surface area contributed by atoms with Crippen molar-refractivity contribution >= 4 is 23.9 Å². The van der Waals surface area contributed by atoms with Crippen LogP contribution in [-0.2, 0) is 63.8 Å². The Balaban J connectivity index is 0.000000307. The second-order valence-corrected chi connectivity index (χ2v) is 25.5. The first kappa shape index (κ1) is 30.6. The zero-order chi connectivity index (χ0) is 170. The van der Waals surface area contributed by atoms with E-state index in [2.05, 4.69) is 0 Å². The molecule has 0 aliphatic carbocycles. The Morgan fingerprint density at radius 2 is 0.642 bits per heavy atom. The van der Waals surface area contributed by atoms with E-state index in [9.17, 15) is 52.1 Å². The largest absolute Gasteiger partial charge is 0.493 e. The van der Waals surface area contributed by atoms with Crippen LogP contribution in [0.5, 0.6) is 46.0 Å². The topological polar surface area (TPSA) is 296 Å². The van der Waals surface area contributed by atoms with Gasteiger partial charge in [-0.25, -0.2) is 0 Å². The molecule has 12 rings (SSSR count). The van der Waals surface area contributed by atoms with Crippen molar-refractivity contribution in [2.45, 2.75) is 259 Å². The van der Waals surface area contributed by atoms with Gasteiger partial charge in [0.25, 0.3) is 0 Å². The molecule has 24 nitrogen and oxygen atoms in total. The van der Waals surface area contributed by atoms with E-state index in [4.69, 9.17) is 176 Å². The van der Waals surface area contributed by atoms with Gasteiger partial charge in [0.1, 0.15) is 48.4 Å². The maximum absolute atomic E-state index is 13.9. The van der Waals surface area contributed by atoms with Crippen molar-refractivity contribution < 1.29 is 205 Å². The van der Waals surface area contributed by atoms with E-state index >= 15 is 0 Å². The van der Waals surface area contributed by atoms with Gasteiger partial charge in [-0.15, -0.1) is 0 Å². The number of carbonyl (C=O) groups excluding carboxylic acids is 4. The van der Waals surface area contributed by atoms with E-state index in [1.54, 1.807) is 0 Å². The van der Waals surface area contributed by atoms with Crippen LogP contribution in [0.2, 0.25) is 0 Å². The van der Waals surface area contributed by atoms with Crippen molar-refractivity contribution in [2.24, 2.45) is 93.7 Å². The van der Waals surface area contributed by atoms with Crippen molar-refractivity contribution in [1.29, 1.82) is 0 Å². The third kappa shape index (κ3) is 23.8. The summed E-state index contributed by atoms with van der Waals surface area (Å²) in [6.07, 6.45) is -52.2. The fraction of sp³-hybridized carbons (Fsp3) is 0.708. The van der Waals surface area contributed by atoms with Gasteiger partial charge in [-0.2, -0.15) is 0 Å². The first-order chi connectivity index (χ1) is 93.6. The van der Waals surface area contributed by atoms with Gasteiger partial charge in [0.15, 0.2) is 46.0 Å². The van der Waals surface area contributed by atoms with Crippen molar-refractivity contribution in [2.75, 3.05) is 109 Å². The standard InChI is InChI=1S/4C24H38N2O4/c4*1-14(2)9-17-13-26-8-7-16-10-21(28-5)22(29-6)11-18(16)19(26)12-20(17)30-24(27)23(25)15(3)4/h4*10-11,14-15,17,19-20,23H,7-9,12-13,25H2,1-6H3/t4*17?,19?,20?,23-/m0000/s1/i1D3,3D3,4D3,5D3,9D2,10D,11D,12D2,13D2,14D,15D,17D,20D,23D;1D3,3D3,4D3,5D3,9D2,10D,11D,12D2,13D2,14D,15D,17D,19D,23D;1D3,3D3,4D3,9D2,10D,11D,12D2,13D2,14D,15D,17D,20D,23D;1D3,3D3,4D3,9D2,10D,11D,12D2,13D2,14D,15D,17D,19D,23D/t4*14?,17?,19?,20?,23-. The summed E-state index contributed by atoms with van der Waals surface area (Å²) in [4.78, 5) is 56.7. The molecule has 0 radical (unpaired) electrons. The third-order valence-electron chi connectivity index (χ3n) is 17.2. The van der Waals surface area contributed by atoms with Gasteiger partial charge in [0.05, 0.1) is 86.9 Å². The number of benzene rings is 4. The van der Waals surface area contributed by atoms with Crippen molar-refractivity contribution in [1.82, 2.24) is 19.6 Å². The summed E-state index contributed by atoms with van der Waals surface area (Å²) in [5.74, 6) is -65.8. The predicted molar refractivity (Wildman–Crippen MR) is 471 cm³/mol.